The van der Waals surface area contributed by atoms with Crippen molar-refractivity contribution in [2.45, 2.75) is 107 Å². The lowest BCUT2D eigenvalue weighted by Crippen LogP contribution is -2.35. The van der Waals surface area contributed by atoms with Crippen molar-refractivity contribution >= 4 is 40.3 Å². The van der Waals surface area contributed by atoms with Crippen molar-refractivity contribution in [3.63, 3.8) is 0 Å². The van der Waals surface area contributed by atoms with Gasteiger partial charge in [0.2, 0.25) is 5.28 Å². The van der Waals surface area contributed by atoms with E-state index in [0.717, 1.165) is 29.2 Å². The van der Waals surface area contributed by atoms with Crippen molar-refractivity contribution < 1.29 is 13.9 Å². The normalized spacial score (nSPS) is 32.2. The molecule has 5 aliphatic rings. The monoisotopic (exact) mass is 611 g/mol. The summed E-state index contributed by atoms with van der Waals surface area (Å²) in [6.07, 6.45) is 13.0. The van der Waals surface area contributed by atoms with E-state index >= 15 is 0 Å². The summed E-state index contributed by atoms with van der Waals surface area (Å²) in [5.41, 5.74) is 1.42. The maximum Gasteiger partial charge on any atom is 0.226 e. The number of nitrogens with one attached hydrogen (secondary N) is 1. The second kappa shape index (κ2) is 10.3. The van der Waals surface area contributed by atoms with E-state index in [1.807, 2.05) is 32.3 Å². The lowest BCUT2D eigenvalue weighted by atomic mass is 9.86. The molecule has 42 heavy (non-hydrogen) atoms. The van der Waals surface area contributed by atoms with Gasteiger partial charge in [0.1, 0.15) is 11.9 Å². The number of aromatic nitrogens is 4. The average Bonchev–Trinajstić information content (AvgIpc) is 3.60. The van der Waals surface area contributed by atoms with Crippen LogP contribution in [-0.2, 0) is 9.47 Å². The molecule has 4 aliphatic carbocycles. The van der Waals surface area contributed by atoms with Crippen molar-refractivity contribution in [2.24, 2.45) is 23.2 Å². The SMILES string of the molecule is CC1(C)O[C@H]2[C@H](n3cnc4c(NC(C5CCCC5)C5CCCC5)nc(Cl)nc43)[C@H]3C[C@@]3(CSc3ccccc3F)[C@H]2O1. The Labute approximate surface area is 255 Å². The van der Waals surface area contributed by atoms with Gasteiger partial charge in [0.05, 0.1) is 18.5 Å². The van der Waals surface area contributed by atoms with Gasteiger partial charge in [-0.15, -0.1) is 11.8 Å². The Balaban J connectivity index is 1.12. The predicted octanol–water partition coefficient (Wildman–Crippen LogP) is 7.65. The number of rotatable bonds is 8. The fraction of sp³-hybridized carbons (Fsp3) is 0.656. The van der Waals surface area contributed by atoms with E-state index < -0.39 is 5.79 Å². The Morgan fingerprint density at radius 1 is 1.07 bits per heavy atom. The number of thioether (sulfide) groups is 1. The third kappa shape index (κ3) is 4.56. The first-order valence-corrected chi connectivity index (χ1v) is 17.1. The van der Waals surface area contributed by atoms with Gasteiger partial charge in [-0.05, 0) is 87.4 Å². The van der Waals surface area contributed by atoms with Gasteiger partial charge in [-0.1, -0.05) is 37.8 Å². The Morgan fingerprint density at radius 2 is 1.79 bits per heavy atom. The van der Waals surface area contributed by atoms with E-state index in [1.54, 1.807) is 17.8 Å². The molecule has 1 N–H and O–H groups in total. The van der Waals surface area contributed by atoms with Crippen molar-refractivity contribution in [2.75, 3.05) is 11.1 Å². The minimum absolute atomic E-state index is 0.00210. The van der Waals surface area contributed by atoms with Crippen LogP contribution in [0.2, 0.25) is 5.28 Å². The van der Waals surface area contributed by atoms with E-state index in [4.69, 9.17) is 36.0 Å². The largest absolute Gasteiger partial charge is 0.365 e. The minimum atomic E-state index is -0.692. The number of benzene rings is 1. The van der Waals surface area contributed by atoms with Crippen LogP contribution in [0.25, 0.3) is 11.2 Å². The molecule has 0 amide bonds. The molecule has 3 heterocycles. The summed E-state index contributed by atoms with van der Waals surface area (Å²) in [5.74, 6) is 2.31. The summed E-state index contributed by atoms with van der Waals surface area (Å²) in [6.45, 7) is 3.97. The zero-order chi connectivity index (χ0) is 28.6. The van der Waals surface area contributed by atoms with E-state index in [0.29, 0.717) is 28.7 Å². The number of nitrogens with zero attached hydrogens (tertiary/aromatic N) is 4. The van der Waals surface area contributed by atoms with Crippen LogP contribution in [0.4, 0.5) is 10.2 Å². The number of ether oxygens (including phenoxy) is 2. The molecule has 5 atom stereocenters. The summed E-state index contributed by atoms with van der Waals surface area (Å²) in [5, 5.41) is 4.11. The molecule has 224 valence electrons. The highest BCUT2D eigenvalue weighted by Crippen LogP contribution is 2.72. The average molecular weight is 612 g/mol. The highest BCUT2D eigenvalue weighted by Gasteiger charge is 2.75. The second-order valence-electron chi connectivity index (χ2n) is 13.7. The zero-order valence-corrected chi connectivity index (χ0v) is 25.8. The molecule has 1 aliphatic heterocycles. The van der Waals surface area contributed by atoms with E-state index in [2.05, 4.69) is 9.88 Å². The minimum Gasteiger partial charge on any atom is -0.365 e. The van der Waals surface area contributed by atoms with E-state index in [9.17, 15) is 4.39 Å². The van der Waals surface area contributed by atoms with Crippen LogP contribution in [0.1, 0.15) is 77.7 Å². The molecule has 0 bridgehead atoms. The van der Waals surface area contributed by atoms with Crippen molar-refractivity contribution in [1.29, 1.82) is 0 Å². The lowest BCUT2D eigenvalue weighted by Gasteiger charge is -2.30. The molecule has 8 rings (SSSR count). The van der Waals surface area contributed by atoms with E-state index in [1.165, 1.54) is 57.4 Å². The van der Waals surface area contributed by atoms with E-state index in [-0.39, 0.29) is 34.8 Å². The van der Waals surface area contributed by atoms with Crippen molar-refractivity contribution in [3.05, 3.63) is 41.7 Å². The van der Waals surface area contributed by atoms with Crippen molar-refractivity contribution in [1.82, 2.24) is 19.5 Å². The first-order valence-electron chi connectivity index (χ1n) is 15.7. The summed E-state index contributed by atoms with van der Waals surface area (Å²) >= 11 is 8.21. The molecular formula is C32H39ClFN5O2S. The Hall–Kier alpha value is -1.94. The van der Waals surface area contributed by atoms with Crippen LogP contribution in [0.5, 0.6) is 0 Å². The maximum atomic E-state index is 14.5. The third-order valence-corrected chi connectivity index (χ3v) is 12.3. The summed E-state index contributed by atoms with van der Waals surface area (Å²) in [4.78, 5) is 15.0. The molecule has 2 aromatic heterocycles. The molecule has 1 saturated heterocycles. The Morgan fingerprint density at radius 3 is 2.50 bits per heavy atom. The number of hydrogen-bond acceptors (Lipinski definition) is 7. The van der Waals surface area contributed by atoms with Crippen LogP contribution in [0, 0.1) is 29.0 Å². The van der Waals surface area contributed by atoms with Gasteiger partial charge in [-0.25, -0.2) is 9.37 Å². The number of imidazole rings is 1. The molecule has 0 radical (unpaired) electrons. The fourth-order valence-corrected chi connectivity index (χ4v) is 10.3. The standard InChI is InChI=1S/C32H39ClFN5O2S/c1-31(2)40-26-25(20-15-32(20,27(26)41-31)16-42-22-14-8-7-13-21(22)34)39-17-35-24-28(37-30(33)38-29(24)39)36-23(18-9-3-4-10-18)19-11-5-6-12-19/h7-8,13-14,17-20,23,25-27H,3-6,9-12,15-16H2,1-2H3,(H,36,37,38)/t20-,25-,26+,27+,32+/m1/s1. The maximum absolute atomic E-state index is 14.5. The van der Waals surface area contributed by atoms with Gasteiger partial charge in [0, 0.05) is 22.1 Å². The highest BCUT2D eigenvalue weighted by atomic mass is 35.5. The number of fused-ring (bicyclic) bond motifs is 4. The molecule has 0 spiro atoms. The lowest BCUT2D eigenvalue weighted by molar-refractivity contribution is -0.160. The Kier molecular flexibility index (Phi) is 6.78. The van der Waals surface area contributed by atoms with Gasteiger partial charge in [-0.3, -0.25) is 0 Å². The zero-order valence-electron chi connectivity index (χ0n) is 24.3. The topological polar surface area (TPSA) is 74.1 Å². The number of anilines is 1. The number of hydrogen-bond donors (Lipinski definition) is 1. The summed E-state index contributed by atoms with van der Waals surface area (Å²) in [7, 11) is 0. The quantitative estimate of drug-likeness (QED) is 0.207. The van der Waals surface area contributed by atoms with Gasteiger partial charge in [0.25, 0.3) is 0 Å². The Bertz CT molecular complexity index is 1470. The first-order chi connectivity index (χ1) is 20.3. The number of halogens is 2. The van der Waals surface area contributed by atoms with Crippen LogP contribution in [0.15, 0.2) is 35.5 Å². The molecule has 3 aromatic rings. The van der Waals surface area contributed by atoms with Crippen LogP contribution < -0.4 is 5.32 Å². The van der Waals surface area contributed by atoms with Crippen LogP contribution >= 0.6 is 23.4 Å². The van der Waals surface area contributed by atoms with Gasteiger partial charge >= 0.3 is 0 Å². The summed E-state index contributed by atoms with van der Waals surface area (Å²) in [6, 6.07) is 7.41. The smallest absolute Gasteiger partial charge is 0.226 e. The molecule has 7 nitrogen and oxygen atoms in total. The highest BCUT2D eigenvalue weighted by molar-refractivity contribution is 7.99. The fourth-order valence-electron chi connectivity index (χ4n) is 8.85. The van der Waals surface area contributed by atoms with Gasteiger partial charge in [-0.2, -0.15) is 9.97 Å². The second-order valence-corrected chi connectivity index (χ2v) is 15.1. The third-order valence-electron chi connectivity index (χ3n) is 10.8. The molecule has 10 heteroatoms. The van der Waals surface area contributed by atoms with Gasteiger partial charge < -0.3 is 19.4 Å². The molecule has 0 unspecified atom stereocenters. The van der Waals surface area contributed by atoms with Gasteiger partial charge in [0.15, 0.2) is 22.8 Å². The molecule has 5 fully saturated rings. The molecular weight excluding hydrogens is 573 g/mol. The molecule has 4 saturated carbocycles. The van der Waals surface area contributed by atoms with Crippen LogP contribution in [-0.4, -0.2) is 49.3 Å². The predicted molar refractivity (Wildman–Crippen MR) is 162 cm³/mol. The van der Waals surface area contributed by atoms with Crippen LogP contribution in [0.3, 0.4) is 0 Å². The first kappa shape index (κ1) is 27.6. The summed E-state index contributed by atoms with van der Waals surface area (Å²) < 4.78 is 29.8. The molecule has 1 aromatic carbocycles. The van der Waals surface area contributed by atoms with Crippen molar-refractivity contribution in [3.8, 4) is 0 Å².